The van der Waals surface area contributed by atoms with Gasteiger partial charge in [-0.05, 0) is 35.1 Å². The molecule has 3 unspecified atom stereocenters. The first-order valence-corrected chi connectivity index (χ1v) is 18.4. The molecule has 3 N–H and O–H groups in total. The first kappa shape index (κ1) is 38.8. The van der Waals surface area contributed by atoms with Gasteiger partial charge in [0.05, 0.1) is 6.16 Å². The van der Waals surface area contributed by atoms with Crippen LogP contribution in [0.4, 0.5) is 4.79 Å². The Morgan fingerprint density at radius 3 is 1.94 bits per heavy atom. The number of hydrogen-bond acceptors (Lipinski definition) is 9. The van der Waals surface area contributed by atoms with Crippen molar-refractivity contribution in [1.29, 1.82) is 0 Å². The third-order valence-electron chi connectivity index (χ3n) is 7.89. The van der Waals surface area contributed by atoms with E-state index in [-0.39, 0.29) is 32.7 Å². The number of amides is 2. The van der Waals surface area contributed by atoms with Crippen LogP contribution in [-0.2, 0) is 57.5 Å². The van der Waals surface area contributed by atoms with Crippen molar-refractivity contribution in [2.24, 2.45) is 0 Å². The molecule has 1 aliphatic carbocycles. The van der Waals surface area contributed by atoms with Crippen molar-refractivity contribution in [3.63, 3.8) is 0 Å². The summed E-state index contributed by atoms with van der Waals surface area (Å²) in [6.07, 6.45) is 3.92. The van der Waals surface area contributed by atoms with Crippen LogP contribution in [0.2, 0.25) is 0 Å². The maximum absolute atomic E-state index is 13.8. The second-order valence-electron chi connectivity index (χ2n) is 11.8. The maximum Gasteiger partial charge on any atom is 0.408 e. The van der Waals surface area contributed by atoms with Crippen molar-refractivity contribution in [1.82, 2.24) is 10.6 Å². The van der Waals surface area contributed by atoms with E-state index < -0.39 is 55.9 Å². The zero-order chi connectivity index (χ0) is 36.5. The fraction of sp³-hybridized carbons (Fsp3) is 0.316. The monoisotopic (exact) mass is 718 g/mol. The topological polar surface area (TPSA) is 167 Å². The van der Waals surface area contributed by atoms with Gasteiger partial charge < -0.3 is 29.7 Å². The molecule has 0 saturated heterocycles. The smallest absolute Gasteiger partial charge is 0.408 e. The molecule has 51 heavy (non-hydrogen) atoms. The molecule has 0 heterocycles. The zero-order valence-electron chi connectivity index (χ0n) is 28.4. The summed E-state index contributed by atoms with van der Waals surface area (Å²) in [5.41, 5.74) is 0.711. The molecule has 0 aromatic heterocycles. The van der Waals surface area contributed by atoms with Gasteiger partial charge in [-0.2, -0.15) is 0 Å². The Kier molecular flexibility index (Phi) is 14.7. The summed E-state index contributed by atoms with van der Waals surface area (Å²) in [7, 11) is -4.67. The summed E-state index contributed by atoms with van der Waals surface area (Å²) in [6, 6.07) is 25.4. The van der Waals surface area contributed by atoms with Gasteiger partial charge in [-0.3, -0.25) is 18.7 Å². The lowest BCUT2D eigenvalue weighted by Crippen LogP contribution is -2.51. The molecule has 3 aromatic carbocycles. The van der Waals surface area contributed by atoms with Gasteiger partial charge in [0.15, 0.2) is 5.60 Å². The van der Waals surface area contributed by atoms with Crippen LogP contribution in [0.3, 0.4) is 0 Å². The van der Waals surface area contributed by atoms with Gasteiger partial charge in [0.2, 0.25) is 0 Å². The quantitative estimate of drug-likeness (QED) is 0.0819. The van der Waals surface area contributed by atoms with Crippen LogP contribution < -0.4 is 10.6 Å². The molecule has 1 aliphatic rings. The predicted molar refractivity (Wildman–Crippen MR) is 189 cm³/mol. The molecule has 3 atom stereocenters. The minimum Gasteiger partial charge on any atom is -0.460 e. The molecule has 0 bridgehead atoms. The lowest BCUT2D eigenvalue weighted by atomic mass is 9.83. The number of ether oxygens (including phenoxy) is 3. The number of rotatable bonds is 18. The molecule has 13 heteroatoms. The average Bonchev–Trinajstić information content (AvgIpc) is 3.14. The molecule has 12 nitrogen and oxygen atoms in total. The maximum atomic E-state index is 13.8. The highest BCUT2D eigenvalue weighted by Crippen LogP contribution is 2.51. The third-order valence-corrected chi connectivity index (χ3v) is 9.31. The van der Waals surface area contributed by atoms with Gasteiger partial charge in [-0.1, -0.05) is 123 Å². The van der Waals surface area contributed by atoms with E-state index in [2.05, 4.69) is 10.6 Å². The summed E-state index contributed by atoms with van der Waals surface area (Å²) < 4.78 is 35.6. The molecule has 0 radical (unpaired) electrons. The van der Waals surface area contributed by atoms with Crippen molar-refractivity contribution in [3.05, 3.63) is 131 Å². The largest absolute Gasteiger partial charge is 0.460 e. The lowest BCUT2D eigenvalue weighted by molar-refractivity contribution is -0.147. The van der Waals surface area contributed by atoms with Gasteiger partial charge >= 0.3 is 25.6 Å². The highest BCUT2D eigenvalue weighted by Gasteiger charge is 2.48. The molecule has 3 aromatic rings. The third kappa shape index (κ3) is 12.4. The summed E-state index contributed by atoms with van der Waals surface area (Å²) in [4.78, 5) is 63.4. The number of alkyl carbamates (subject to hydrolysis) is 1. The highest BCUT2D eigenvalue weighted by atomic mass is 31.2. The highest BCUT2D eigenvalue weighted by molar-refractivity contribution is 7.52. The first-order chi connectivity index (χ1) is 24.6. The van der Waals surface area contributed by atoms with Crippen LogP contribution in [0.15, 0.2) is 115 Å². The Morgan fingerprint density at radius 1 is 0.824 bits per heavy atom. The number of esters is 2. The van der Waals surface area contributed by atoms with Crippen molar-refractivity contribution < 1.29 is 47.4 Å². The van der Waals surface area contributed by atoms with Crippen LogP contribution in [0, 0.1) is 0 Å². The fourth-order valence-electron chi connectivity index (χ4n) is 5.27. The van der Waals surface area contributed by atoms with E-state index >= 15 is 0 Å². The van der Waals surface area contributed by atoms with E-state index in [0.717, 1.165) is 11.1 Å². The molecular weight excluding hydrogens is 675 g/mol. The summed E-state index contributed by atoms with van der Waals surface area (Å²) >= 11 is 0. The minimum absolute atomic E-state index is 0.00946. The second kappa shape index (κ2) is 19.4. The SMILES string of the molecule is CCCC1=CC=CCC1(OP(=O)(O)CCC(NC(=O)OCc1ccccc1)C(=O)OCc1ccccc1)C(=O)NCC(=O)OCc1ccccc1. The van der Waals surface area contributed by atoms with E-state index in [9.17, 15) is 28.6 Å². The number of carbonyl (C=O) groups excluding carboxylic acids is 4. The second-order valence-corrected chi connectivity index (χ2v) is 13.7. The van der Waals surface area contributed by atoms with Crippen LogP contribution in [0.25, 0.3) is 0 Å². The number of benzene rings is 3. The van der Waals surface area contributed by atoms with E-state index in [1.54, 1.807) is 91.0 Å². The van der Waals surface area contributed by atoms with Gasteiger partial charge in [-0.25, -0.2) is 9.59 Å². The normalized spacial score (nSPS) is 16.9. The number of carbonyl (C=O) groups is 4. The van der Waals surface area contributed by atoms with Gasteiger partial charge in [-0.15, -0.1) is 0 Å². The standard InChI is InChI=1S/C38H43N2O10P/c1-2-14-32-21-12-13-23-38(32,36(43)39-25-34(41)47-26-29-15-6-3-7-16-29)50-51(45,46)24-22-33(35(42)48-27-30-17-8-4-9-18-30)40-37(44)49-28-31-19-10-5-11-20-31/h3-13,15-21,33H,2,14,22-28H2,1H3,(H,39,43)(H,40,44)(H,45,46). The van der Waals surface area contributed by atoms with E-state index in [4.69, 9.17) is 18.7 Å². The van der Waals surface area contributed by atoms with Crippen molar-refractivity contribution in [2.45, 2.75) is 64.1 Å². The van der Waals surface area contributed by atoms with Gasteiger partial charge in [0, 0.05) is 6.42 Å². The molecule has 2 amide bonds. The van der Waals surface area contributed by atoms with Gasteiger partial charge in [0.1, 0.15) is 32.4 Å². The first-order valence-electron chi connectivity index (χ1n) is 16.6. The molecular formula is C38H43N2O10P. The van der Waals surface area contributed by atoms with E-state index in [1.807, 2.05) is 25.1 Å². The zero-order valence-corrected chi connectivity index (χ0v) is 29.3. The van der Waals surface area contributed by atoms with Crippen molar-refractivity contribution in [2.75, 3.05) is 12.7 Å². The number of nitrogens with one attached hydrogen (secondary N) is 2. The predicted octanol–water partition coefficient (Wildman–Crippen LogP) is 5.90. The lowest BCUT2D eigenvalue weighted by Gasteiger charge is -2.37. The molecule has 0 aliphatic heterocycles. The minimum atomic E-state index is -4.67. The Labute approximate surface area is 297 Å². The van der Waals surface area contributed by atoms with Crippen LogP contribution in [0.5, 0.6) is 0 Å². The molecule has 4 rings (SSSR count). The van der Waals surface area contributed by atoms with Crippen LogP contribution in [0.1, 0.15) is 49.3 Å². The van der Waals surface area contributed by atoms with E-state index in [1.165, 1.54) is 0 Å². The number of allylic oxidation sites excluding steroid dienone is 2. The summed E-state index contributed by atoms with van der Waals surface area (Å²) in [5, 5.41) is 4.96. The van der Waals surface area contributed by atoms with Crippen LogP contribution >= 0.6 is 7.60 Å². The summed E-state index contributed by atoms with van der Waals surface area (Å²) in [5.74, 6) is -2.35. The van der Waals surface area contributed by atoms with E-state index in [0.29, 0.717) is 24.0 Å². The Morgan fingerprint density at radius 2 is 1.37 bits per heavy atom. The van der Waals surface area contributed by atoms with Crippen LogP contribution in [-0.4, -0.2) is 53.2 Å². The molecule has 0 spiro atoms. The van der Waals surface area contributed by atoms with Crippen molar-refractivity contribution >= 4 is 31.5 Å². The Bertz CT molecular complexity index is 1720. The Hall–Kier alpha value is -5.03. The summed E-state index contributed by atoms with van der Waals surface area (Å²) in [6.45, 7) is 1.22. The van der Waals surface area contributed by atoms with Gasteiger partial charge in [0.25, 0.3) is 5.91 Å². The number of hydrogen-bond donors (Lipinski definition) is 3. The average molecular weight is 719 g/mol. The fourth-order valence-corrected chi connectivity index (χ4v) is 6.70. The van der Waals surface area contributed by atoms with Crippen molar-refractivity contribution in [3.8, 4) is 0 Å². The molecule has 0 saturated carbocycles. The molecule has 270 valence electrons. The molecule has 0 fully saturated rings. The Balaban J connectivity index is 1.44.